The maximum absolute atomic E-state index is 9.75. The molecule has 70 valence electrons. The molecule has 1 atom stereocenters. The normalized spacial score (nSPS) is 12.5. The Labute approximate surface area is 79.7 Å². The molecule has 0 heterocycles. The molecule has 0 radical (unpaired) electrons. The van der Waals surface area contributed by atoms with Crippen molar-refractivity contribution in [2.75, 3.05) is 0 Å². The van der Waals surface area contributed by atoms with Crippen LogP contribution in [0.3, 0.4) is 0 Å². The molecule has 1 nitrogen and oxygen atoms in total. The van der Waals surface area contributed by atoms with Crippen molar-refractivity contribution < 1.29 is 5.11 Å². The van der Waals surface area contributed by atoms with Crippen molar-refractivity contribution in [3.8, 4) is 0 Å². The molecule has 0 aromatic heterocycles. The van der Waals surface area contributed by atoms with Crippen LogP contribution in [0.25, 0.3) is 0 Å². The Morgan fingerprint density at radius 3 is 2.77 bits per heavy atom. The topological polar surface area (TPSA) is 20.2 Å². The van der Waals surface area contributed by atoms with E-state index >= 15 is 0 Å². The first-order chi connectivity index (χ1) is 6.15. The molecule has 0 saturated carbocycles. The number of benzene rings is 1. The Kier molecular flexibility index (Phi) is 3.26. The monoisotopic (exact) mass is 176 g/mol. The molecule has 0 fully saturated rings. The highest BCUT2D eigenvalue weighted by atomic mass is 16.3. The molecular formula is C12H16O. The maximum Gasteiger partial charge on any atom is 0.0827 e. The molecule has 1 aromatic rings. The zero-order valence-corrected chi connectivity index (χ0v) is 8.25. The molecule has 13 heavy (non-hydrogen) atoms. The van der Waals surface area contributed by atoms with Crippen LogP contribution in [-0.4, -0.2) is 5.11 Å². The van der Waals surface area contributed by atoms with Gasteiger partial charge in [-0.2, -0.15) is 0 Å². The van der Waals surface area contributed by atoms with E-state index in [1.54, 1.807) is 6.08 Å². The fourth-order valence-electron chi connectivity index (χ4n) is 1.40. The first-order valence-corrected chi connectivity index (χ1v) is 4.51. The molecule has 1 rings (SSSR count). The molecular weight excluding hydrogens is 160 g/mol. The van der Waals surface area contributed by atoms with E-state index in [9.17, 15) is 5.11 Å². The van der Waals surface area contributed by atoms with Crippen LogP contribution in [0.5, 0.6) is 0 Å². The van der Waals surface area contributed by atoms with E-state index in [2.05, 4.69) is 12.6 Å². The smallest absolute Gasteiger partial charge is 0.0827 e. The number of hydrogen-bond donors (Lipinski definition) is 1. The van der Waals surface area contributed by atoms with Crippen molar-refractivity contribution in [3.05, 3.63) is 47.5 Å². The van der Waals surface area contributed by atoms with Gasteiger partial charge in [0.15, 0.2) is 0 Å². The quantitative estimate of drug-likeness (QED) is 0.702. The summed E-state index contributed by atoms with van der Waals surface area (Å²) in [6.45, 7) is 7.66. The first-order valence-electron chi connectivity index (χ1n) is 4.51. The van der Waals surface area contributed by atoms with Crippen molar-refractivity contribution in [1.29, 1.82) is 0 Å². The minimum Gasteiger partial charge on any atom is -0.388 e. The van der Waals surface area contributed by atoms with Crippen molar-refractivity contribution in [2.45, 2.75) is 26.4 Å². The van der Waals surface area contributed by atoms with Crippen LogP contribution in [-0.2, 0) is 0 Å². The Bertz CT molecular complexity index is 302. The van der Waals surface area contributed by atoms with Crippen LogP contribution < -0.4 is 0 Å². The minimum absolute atomic E-state index is 0.405. The lowest BCUT2D eigenvalue weighted by atomic mass is 9.99. The van der Waals surface area contributed by atoms with Crippen LogP contribution in [0.2, 0.25) is 0 Å². The number of rotatable bonds is 3. The fourth-order valence-corrected chi connectivity index (χ4v) is 1.40. The lowest BCUT2D eigenvalue weighted by Crippen LogP contribution is -1.98. The highest BCUT2D eigenvalue weighted by molar-refractivity contribution is 5.32. The van der Waals surface area contributed by atoms with E-state index in [-0.39, 0.29) is 0 Å². The zero-order chi connectivity index (χ0) is 9.84. The number of aryl methyl sites for hydroxylation is 2. The van der Waals surface area contributed by atoms with Crippen LogP contribution >= 0.6 is 0 Å². The summed E-state index contributed by atoms with van der Waals surface area (Å²) in [5.74, 6) is 0. The molecule has 0 spiro atoms. The number of aliphatic hydroxyl groups is 1. The number of aliphatic hydroxyl groups excluding tert-OH is 1. The second-order valence-electron chi connectivity index (χ2n) is 3.40. The van der Waals surface area contributed by atoms with E-state index < -0.39 is 6.10 Å². The van der Waals surface area contributed by atoms with E-state index in [4.69, 9.17) is 0 Å². The summed E-state index contributed by atoms with van der Waals surface area (Å²) in [6.07, 6.45) is 1.95. The van der Waals surface area contributed by atoms with Gasteiger partial charge >= 0.3 is 0 Å². The average Bonchev–Trinajstić information content (AvgIpc) is 2.09. The van der Waals surface area contributed by atoms with Gasteiger partial charge in [0.2, 0.25) is 0 Å². The van der Waals surface area contributed by atoms with Gasteiger partial charge in [-0.15, -0.1) is 6.58 Å². The molecule has 0 amide bonds. The third-order valence-corrected chi connectivity index (χ3v) is 2.18. The zero-order valence-electron chi connectivity index (χ0n) is 8.25. The third kappa shape index (κ3) is 2.43. The highest BCUT2D eigenvalue weighted by Crippen LogP contribution is 2.21. The molecule has 0 aliphatic carbocycles. The standard InChI is InChI=1S/C12H16O/c1-4-5-12(13)11-8-9(2)6-7-10(11)3/h4,6-8,12-13H,1,5H2,2-3H3/t12-/m1/s1. The first kappa shape index (κ1) is 10.0. The van der Waals surface area contributed by atoms with Gasteiger partial charge in [-0.1, -0.05) is 29.8 Å². The largest absolute Gasteiger partial charge is 0.388 e. The summed E-state index contributed by atoms with van der Waals surface area (Å²) in [7, 11) is 0. The fraction of sp³-hybridized carbons (Fsp3) is 0.333. The molecule has 0 bridgehead atoms. The predicted molar refractivity (Wildman–Crippen MR) is 55.7 cm³/mol. The van der Waals surface area contributed by atoms with E-state index in [0.717, 1.165) is 11.1 Å². The van der Waals surface area contributed by atoms with Crippen molar-refractivity contribution in [3.63, 3.8) is 0 Å². The molecule has 1 N–H and O–H groups in total. The Morgan fingerprint density at radius 1 is 1.46 bits per heavy atom. The van der Waals surface area contributed by atoms with Gasteiger partial charge in [0.25, 0.3) is 0 Å². The summed E-state index contributed by atoms with van der Waals surface area (Å²) in [6, 6.07) is 6.12. The van der Waals surface area contributed by atoms with Gasteiger partial charge < -0.3 is 5.11 Å². The van der Waals surface area contributed by atoms with Crippen molar-refractivity contribution >= 4 is 0 Å². The van der Waals surface area contributed by atoms with Crippen LogP contribution in [0.4, 0.5) is 0 Å². The Morgan fingerprint density at radius 2 is 2.15 bits per heavy atom. The Hall–Kier alpha value is -1.08. The molecule has 0 saturated heterocycles. The lowest BCUT2D eigenvalue weighted by molar-refractivity contribution is 0.181. The van der Waals surface area contributed by atoms with E-state index in [0.29, 0.717) is 6.42 Å². The van der Waals surface area contributed by atoms with Crippen LogP contribution in [0.1, 0.15) is 29.2 Å². The Balaban J connectivity index is 2.97. The molecule has 1 aromatic carbocycles. The predicted octanol–water partition coefficient (Wildman–Crippen LogP) is 2.91. The SMILES string of the molecule is C=CC[C@@H](O)c1cc(C)ccc1C. The van der Waals surface area contributed by atoms with Gasteiger partial charge in [-0.25, -0.2) is 0 Å². The summed E-state index contributed by atoms with van der Waals surface area (Å²) in [4.78, 5) is 0. The second-order valence-corrected chi connectivity index (χ2v) is 3.40. The summed E-state index contributed by atoms with van der Waals surface area (Å²) in [5, 5.41) is 9.75. The lowest BCUT2D eigenvalue weighted by Gasteiger charge is -2.12. The molecule has 0 unspecified atom stereocenters. The molecule has 1 heteroatoms. The molecule has 0 aliphatic heterocycles. The highest BCUT2D eigenvalue weighted by Gasteiger charge is 2.07. The van der Waals surface area contributed by atoms with Gasteiger partial charge in [-0.05, 0) is 31.4 Å². The van der Waals surface area contributed by atoms with Crippen LogP contribution in [0, 0.1) is 13.8 Å². The maximum atomic E-state index is 9.75. The van der Waals surface area contributed by atoms with Gasteiger partial charge in [0.1, 0.15) is 0 Å². The van der Waals surface area contributed by atoms with E-state index in [1.165, 1.54) is 5.56 Å². The van der Waals surface area contributed by atoms with Gasteiger partial charge in [-0.3, -0.25) is 0 Å². The third-order valence-electron chi connectivity index (χ3n) is 2.18. The van der Waals surface area contributed by atoms with Gasteiger partial charge in [0.05, 0.1) is 6.10 Å². The van der Waals surface area contributed by atoms with Crippen LogP contribution in [0.15, 0.2) is 30.9 Å². The van der Waals surface area contributed by atoms with Crippen molar-refractivity contribution in [2.24, 2.45) is 0 Å². The molecule has 0 aliphatic rings. The minimum atomic E-state index is -0.405. The van der Waals surface area contributed by atoms with Gasteiger partial charge in [0, 0.05) is 0 Å². The van der Waals surface area contributed by atoms with E-state index in [1.807, 2.05) is 26.0 Å². The summed E-state index contributed by atoms with van der Waals surface area (Å²) < 4.78 is 0. The second kappa shape index (κ2) is 4.24. The summed E-state index contributed by atoms with van der Waals surface area (Å²) >= 11 is 0. The summed E-state index contributed by atoms with van der Waals surface area (Å²) in [5.41, 5.74) is 3.34. The van der Waals surface area contributed by atoms with Crippen molar-refractivity contribution in [1.82, 2.24) is 0 Å². The number of hydrogen-bond acceptors (Lipinski definition) is 1. The average molecular weight is 176 g/mol.